The molecule has 4 rings (SSSR count). The predicted molar refractivity (Wildman–Crippen MR) is 98.0 cm³/mol. The SMILES string of the molecule is CCN1CCN(C(=O)[C@@H]2CCCN(c3ncnc4onc(C)c34)C2)CC1. The van der Waals surface area contributed by atoms with Crippen molar-refractivity contribution in [1.29, 1.82) is 0 Å². The number of aryl methyl sites for hydroxylation is 1. The lowest BCUT2D eigenvalue weighted by Gasteiger charge is -2.39. The molecular weight excluding hydrogens is 332 g/mol. The summed E-state index contributed by atoms with van der Waals surface area (Å²) in [5.74, 6) is 1.15. The van der Waals surface area contributed by atoms with Crippen LogP contribution in [0.25, 0.3) is 11.1 Å². The van der Waals surface area contributed by atoms with Crippen LogP contribution in [0.2, 0.25) is 0 Å². The van der Waals surface area contributed by atoms with E-state index < -0.39 is 0 Å². The number of piperidine rings is 1. The van der Waals surface area contributed by atoms with Crippen LogP contribution in [0.5, 0.6) is 0 Å². The topological polar surface area (TPSA) is 78.6 Å². The molecule has 2 saturated heterocycles. The van der Waals surface area contributed by atoms with Crippen molar-refractivity contribution in [3.05, 3.63) is 12.0 Å². The van der Waals surface area contributed by atoms with E-state index in [1.54, 1.807) is 0 Å². The number of hydrogen-bond donors (Lipinski definition) is 0. The van der Waals surface area contributed by atoms with Gasteiger partial charge in [0.2, 0.25) is 5.91 Å². The third kappa shape index (κ3) is 3.13. The second kappa shape index (κ2) is 7.19. The van der Waals surface area contributed by atoms with Gasteiger partial charge in [-0.05, 0) is 26.3 Å². The highest BCUT2D eigenvalue weighted by atomic mass is 16.5. The Bertz CT molecular complexity index is 783. The maximum atomic E-state index is 13.0. The maximum Gasteiger partial charge on any atom is 0.263 e. The largest absolute Gasteiger partial charge is 0.355 e. The van der Waals surface area contributed by atoms with Gasteiger partial charge < -0.3 is 19.2 Å². The van der Waals surface area contributed by atoms with Crippen LogP contribution < -0.4 is 4.90 Å². The molecule has 0 N–H and O–H groups in total. The van der Waals surface area contributed by atoms with Crippen LogP contribution in [-0.2, 0) is 4.79 Å². The molecule has 2 aromatic rings. The highest BCUT2D eigenvalue weighted by Gasteiger charge is 2.32. The number of carbonyl (C=O) groups excluding carboxylic acids is 1. The average Bonchev–Trinajstić information content (AvgIpc) is 3.09. The fourth-order valence-corrected chi connectivity index (χ4v) is 4.06. The molecule has 8 nitrogen and oxygen atoms in total. The standard InChI is InChI=1S/C18H26N6O2/c1-3-22-7-9-23(10-8-22)18(25)14-5-4-6-24(11-14)16-15-13(2)21-26-17(15)20-12-19-16/h12,14H,3-11H2,1-2H3/t14-/m1/s1. The van der Waals surface area contributed by atoms with Gasteiger partial charge in [-0.15, -0.1) is 0 Å². The predicted octanol–water partition coefficient (Wildman–Crippen LogP) is 1.31. The molecule has 0 bridgehead atoms. The zero-order valence-electron chi connectivity index (χ0n) is 15.5. The summed E-state index contributed by atoms with van der Waals surface area (Å²) < 4.78 is 5.26. The van der Waals surface area contributed by atoms with E-state index >= 15 is 0 Å². The minimum Gasteiger partial charge on any atom is -0.355 e. The number of carbonyl (C=O) groups is 1. The molecule has 0 unspecified atom stereocenters. The Hall–Kier alpha value is -2.22. The Kier molecular flexibility index (Phi) is 4.76. The van der Waals surface area contributed by atoms with E-state index in [1.807, 2.05) is 11.8 Å². The maximum absolute atomic E-state index is 13.0. The smallest absolute Gasteiger partial charge is 0.263 e. The fraction of sp³-hybridized carbons (Fsp3) is 0.667. The number of aromatic nitrogens is 3. The number of rotatable bonds is 3. The molecule has 0 aliphatic carbocycles. The van der Waals surface area contributed by atoms with E-state index in [-0.39, 0.29) is 11.8 Å². The molecule has 0 spiro atoms. The highest BCUT2D eigenvalue weighted by Crippen LogP contribution is 2.30. The molecule has 0 radical (unpaired) electrons. The van der Waals surface area contributed by atoms with Crippen LogP contribution in [0.15, 0.2) is 10.9 Å². The van der Waals surface area contributed by atoms with Crippen LogP contribution in [0, 0.1) is 12.8 Å². The van der Waals surface area contributed by atoms with Gasteiger partial charge in [-0.2, -0.15) is 4.98 Å². The van der Waals surface area contributed by atoms with Gasteiger partial charge in [-0.1, -0.05) is 12.1 Å². The first-order valence-electron chi connectivity index (χ1n) is 9.50. The van der Waals surface area contributed by atoms with Crippen LogP contribution in [0.4, 0.5) is 5.82 Å². The Morgan fingerprint density at radius 2 is 2.04 bits per heavy atom. The van der Waals surface area contributed by atoms with Crippen LogP contribution in [0.3, 0.4) is 0 Å². The third-order valence-electron chi connectivity index (χ3n) is 5.62. The molecule has 26 heavy (non-hydrogen) atoms. The summed E-state index contributed by atoms with van der Waals surface area (Å²) in [5, 5.41) is 4.87. The van der Waals surface area contributed by atoms with Crippen molar-refractivity contribution >= 4 is 22.8 Å². The van der Waals surface area contributed by atoms with Crippen molar-refractivity contribution < 1.29 is 9.32 Å². The molecule has 0 aromatic carbocycles. The highest BCUT2D eigenvalue weighted by molar-refractivity contribution is 5.88. The van der Waals surface area contributed by atoms with Crippen molar-refractivity contribution in [3.63, 3.8) is 0 Å². The van der Waals surface area contributed by atoms with Crippen molar-refractivity contribution in [2.45, 2.75) is 26.7 Å². The van der Waals surface area contributed by atoms with Crippen molar-refractivity contribution in [2.75, 3.05) is 50.7 Å². The summed E-state index contributed by atoms with van der Waals surface area (Å²) in [4.78, 5) is 28.3. The first-order valence-corrected chi connectivity index (χ1v) is 9.50. The van der Waals surface area contributed by atoms with Gasteiger partial charge in [-0.25, -0.2) is 4.98 Å². The van der Waals surface area contributed by atoms with Gasteiger partial charge in [0.1, 0.15) is 17.5 Å². The van der Waals surface area contributed by atoms with Crippen molar-refractivity contribution in [3.8, 4) is 0 Å². The molecule has 0 saturated carbocycles. The summed E-state index contributed by atoms with van der Waals surface area (Å²) in [7, 11) is 0. The van der Waals surface area contributed by atoms with Gasteiger partial charge in [0.15, 0.2) is 0 Å². The van der Waals surface area contributed by atoms with Crippen molar-refractivity contribution in [1.82, 2.24) is 24.9 Å². The Balaban J connectivity index is 1.49. The fourth-order valence-electron chi connectivity index (χ4n) is 4.06. The molecule has 4 heterocycles. The van der Waals surface area contributed by atoms with Crippen LogP contribution in [-0.4, -0.2) is 76.6 Å². The lowest BCUT2D eigenvalue weighted by molar-refractivity contribution is -0.137. The first-order chi connectivity index (χ1) is 12.7. The number of anilines is 1. The molecule has 2 fully saturated rings. The minimum absolute atomic E-state index is 0.0297. The molecule has 2 aliphatic rings. The molecule has 8 heteroatoms. The number of fused-ring (bicyclic) bond motifs is 1. The zero-order chi connectivity index (χ0) is 18.1. The summed E-state index contributed by atoms with van der Waals surface area (Å²) >= 11 is 0. The molecule has 2 aromatic heterocycles. The summed E-state index contributed by atoms with van der Waals surface area (Å²) in [6, 6.07) is 0. The summed E-state index contributed by atoms with van der Waals surface area (Å²) in [5.41, 5.74) is 1.30. The van der Waals surface area contributed by atoms with Crippen LogP contribution >= 0.6 is 0 Å². The molecule has 140 valence electrons. The molecule has 2 aliphatic heterocycles. The van der Waals surface area contributed by atoms with Gasteiger partial charge in [0.05, 0.1) is 11.6 Å². The van der Waals surface area contributed by atoms with Gasteiger partial charge in [0.25, 0.3) is 5.71 Å². The normalized spacial score (nSPS) is 22.2. The second-order valence-electron chi connectivity index (χ2n) is 7.19. The Morgan fingerprint density at radius 1 is 1.23 bits per heavy atom. The van der Waals surface area contributed by atoms with Crippen molar-refractivity contribution in [2.24, 2.45) is 5.92 Å². The molecule has 1 atom stereocenters. The van der Waals surface area contributed by atoms with Gasteiger partial charge >= 0.3 is 0 Å². The number of likely N-dealkylation sites (N-methyl/N-ethyl adjacent to an activating group) is 1. The molecule has 1 amide bonds. The van der Waals surface area contributed by atoms with Gasteiger partial charge in [0, 0.05) is 39.3 Å². The third-order valence-corrected chi connectivity index (χ3v) is 5.62. The molecular formula is C18H26N6O2. The van der Waals surface area contributed by atoms with E-state index in [0.29, 0.717) is 12.3 Å². The average molecular weight is 358 g/mol. The van der Waals surface area contributed by atoms with Crippen LogP contribution in [0.1, 0.15) is 25.5 Å². The number of piperazine rings is 1. The van der Waals surface area contributed by atoms with E-state index in [4.69, 9.17) is 4.52 Å². The minimum atomic E-state index is 0.0297. The van der Waals surface area contributed by atoms with E-state index in [2.05, 4.69) is 31.8 Å². The Labute approximate surface area is 153 Å². The first kappa shape index (κ1) is 17.2. The number of amides is 1. The quantitative estimate of drug-likeness (QED) is 0.818. The summed E-state index contributed by atoms with van der Waals surface area (Å²) in [6.45, 7) is 10.4. The lowest BCUT2D eigenvalue weighted by atomic mass is 9.96. The number of nitrogens with zero attached hydrogens (tertiary/aromatic N) is 6. The van der Waals surface area contributed by atoms with E-state index in [9.17, 15) is 4.79 Å². The Morgan fingerprint density at radius 3 is 2.81 bits per heavy atom. The zero-order valence-corrected chi connectivity index (χ0v) is 15.5. The van der Waals surface area contributed by atoms with E-state index in [0.717, 1.165) is 69.0 Å². The van der Waals surface area contributed by atoms with E-state index in [1.165, 1.54) is 6.33 Å². The number of hydrogen-bond acceptors (Lipinski definition) is 7. The monoisotopic (exact) mass is 358 g/mol. The lowest BCUT2D eigenvalue weighted by Crippen LogP contribution is -2.52. The van der Waals surface area contributed by atoms with Gasteiger partial charge in [-0.3, -0.25) is 4.79 Å². The second-order valence-corrected chi connectivity index (χ2v) is 7.19. The summed E-state index contributed by atoms with van der Waals surface area (Å²) in [6.07, 6.45) is 3.44.